The Balaban J connectivity index is 0.00000144. The minimum absolute atomic E-state index is 0. The van der Waals surface area contributed by atoms with Crippen molar-refractivity contribution in [2.45, 2.75) is 18.9 Å². The maximum Gasteiger partial charge on any atom is 0.251 e. The van der Waals surface area contributed by atoms with Gasteiger partial charge in [0.05, 0.1) is 0 Å². The molecule has 6 heteroatoms. The zero-order chi connectivity index (χ0) is 14.2. The molecule has 2 bridgehead atoms. The first-order chi connectivity index (χ1) is 10.3. The number of carbonyl (C=O) groups excluding carboxylic acids is 1. The zero-order valence-corrected chi connectivity index (χ0v) is 13.2. The predicted octanol–water partition coefficient (Wildman–Crippen LogP) is 1.70. The van der Waals surface area contributed by atoms with Crippen LogP contribution in [-0.2, 0) is 0 Å². The summed E-state index contributed by atoms with van der Waals surface area (Å²) in [5.41, 5.74) is 0.646. The topological polar surface area (TPSA) is 50.8 Å². The number of halogens is 1. The van der Waals surface area contributed by atoms with Gasteiger partial charge in [0.1, 0.15) is 13.2 Å². The van der Waals surface area contributed by atoms with Crippen LogP contribution in [0.2, 0.25) is 0 Å². The first kappa shape index (κ1) is 15.4. The van der Waals surface area contributed by atoms with E-state index in [9.17, 15) is 4.79 Å². The van der Waals surface area contributed by atoms with E-state index in [1.54, 1.807) is 12.1 Å². The molecule has 3 aliphatic rings. The van der Waals surface area contributed by atoms with Gasteiger partial charge in [-0.15, -0.1) is 12.4 Å². The third-order valence-electron chi connectivity index (χ3n) is 4.61. The van der Waals surface area contributed by atoms with Crippen LogP contribution in [0.3, 0.4) is 0 Å². The Bertz CT molecular complexity index is 554. The van der Waals surface area contributed by atoms with E-state index in [1.807, 2.05) is 6.07 Å². The lowest BCUT2D eigenvalue weighted by molar-refractivity contribution is 0.0908. The second-order valence-corrected chi connectivity index (χ2v) is 6.18. The minimum atomic E-state index is -0.0144. The van der Waals surface area contributed by atoms with E-state index in [0.29, 0.717) is 24.5 Å². The average molecular weight is 325 g/mol. The third kappa shape index (κ3) is 3.01. The van der Waals surface area contributed by atoms with Gasteiger partial charge in [-0.05, 0) is 43.5 Å². The summed E-state index contributed by atoms with van der Waals surface area (Å²) in [6, 6.07) is 5.67. The van der Waals surface area contributed by atoms with Crippen molar-refractivity contribution >= 4 is 18.3 Å². The standard InChI is InChI=1S/C16H20N2O3.ClH/c19-16(17-13-7-11-3-4-18(9-11)10-13)12-1-2-14-15(8-12)21-6-5-20-14;/h1-2,8,11,13H,3-7,9-10H2,(H,17,19);1H. The van der Waals surface area contributed by atoms with E-state index in [1.165, 1.54) is 19.5 Å². The van der Waals surface area contributed by atoms with Crippen molar-refractivity contribution in [3.05, 3.63) is 23.8 Å². The highest BCUT2D eigenvalue weighted by molar-refractivity contribution is 5.95. The van der Waals surface area contributed by atoms with Crippen LogP contribution in [0, 0.1) is 5.92 Å². The summed E-state index contributed by atoms with van der Waals surface area (Å²) in [4.78, 5) is 14.9. The molecule has 1 aromatic carbocycles. The summed E-state index contributed by atoms with van der Waals surface area (Å²) >= 11 is 0. The maximum atomic E-state index is 12.4. The van der Waals surface area contributed by atoms with Gasteiger partial charge in [-0.2, -0.15) is 0 Å². The number of benzene rings is 1. The number of carbonyl (C=O) groups is 1. The first-order valence-electron chi connectivity index (χ1n) is 7.71. The zero-order valence-electron chi connectivity index (χ0n) is 12.4. The predicted molar refractivity (Wildman–Crippen MR) is 85.1 cm³/mol. The van der Waals surface area contributed by atoms with E-state index in [-0.39, 0.29) is 24.4 Å². The molecule has 0 saturated carbocycles. The highest BCUT2D eigenvalue weighted by Gasteiger charge is 2.33. The van der Waals surface area contributed by atoms with Gasteiger partial charge in [0, 0.05) is 24.7 Å². The van der Waals surface area contributed by atoms with Gasteiger partial charge in [0.2, 0.25) is 0 Å². The van der Waals surface area contributed by atoms with E-state index >= 15 is 0 Å². The molecule has 0 aliphatic carbocycles. The van der Waals surface area contributed by atoms with E-state index in [2.05, 4.69) is 10.2 Å². The van der Waals surface area contributed by atoms with Crippen molar-refractivity contribution in [3.8, 4) is 11.5 Å². The molecule has 3 heterocycles. The van der Waals surface area contributed by atoms with Crippen molar-refractivity contribution in [3.63, 3.8) is 0 Å². The number of ether oxygens (including phenoxy) is 2. The van der Waals surface area contributed by atoms with Crippen LogP contribution in [0.1, 0.15) is 23.2 Å². The van der Waals surface area contributed by atoms with Crippen molar-refractivity contribution in [1.29, 1.82) is 0 Å². The molecule has 3 aliphatic heterocycles. The number of rotatable bonds is 2. The first-order valence-corrected chi connectivity index (χ1v) is 7.71. The second kappa shape index (κ2) is 6.34. The normalized spacial score (nSPS) is 28.6. The van der Waals surface area contributed by atoms with E-state index < -0.39 is 0 Å². The third-order valence-corrected chi connectivity index (χ3v) is 4.61. The van der Waals surface area contributed by atoms with Crippen molar-refractivity contribution < 1.29 is 14.3 Å². The second-order valence-electron chi connectivity index (χ2n) is 6.18. The number of nitrogens with zero attached hydrogens (tertiary/aromatic N) is 1. The largest absolute Gasteiger partial charge is 0.486 e. The lowest BCUT2D eigenvalue weighted by Gasteiger charge is -2.30. The molecular formula is C16H21ClN2O3. The van der Waals surface area contributed by atoms with Crippen LogP contribution in [-0.4, -0.2) is 49.7 Å². The molecule has 3 atom stereocenters. The molecule has 0 radical (unpaired) electrons. The van der Waals surface area contributed by atoms with Crippen LogP contribution < -0.4 is 14.8 Å². The number of hydrogen-bond acceptors (Lipinski definition) is 4. The highest BCUT2D eigenvalue weighted by Crippen LogP contribution is 2.31. The quantitative estimate of drug-likeness (QED) is 0.899. The van der Waals surface area contributed by atoms with Gasteiger partial charge in [-0.25, -0.2) is 0 Å². The van der Waals surface area contributed by atoms with Gasteiger partial charge < -0.3 is 19.7 Å². The van der Waals surface area contributed by atoms with E-state index in [4.69, 9.17) is 9.47 Å². The van der Waals surface area contributed by atoms with Crippen LogP contribution >= 0.6 is 12.4 Å². The number of piperidine rings is 1. The van der Waals surface area contributed by atoms with Crippen molar-refractivity contribution in [2.24, 2.45) is 5.92 Å². The molecule has 5 nitrogen and oxygen atoms in total. The lowest BCUT2D eigenvalue weighted by atomic mass is 9.96. The SMILES string of the molecule is Cl.O=C(NC1CC2CCN(C2)C1)c1ccc2c(c1)OCCO2. The monoisotopic (exact) mass is 324 g/mol. The number of amides is 1. The van der Waals surface area contributed by atoms with Crippen LogP contribution in [0.5, 0.6) is 11.5 Å². The Hall–Kier alpha value is -1.46. The Morgan fingerprint density at radius 1 is 1.18 bits per heavy atom. The molecular weight excluding hydrogens is 304 g/mol. The van der Waals surface area contributed by atoms with Gasteiger partial charge >= 0.3 is 0 Å². The summed E-state index contributed by atoms with van der Waals surface area (Å²) in [5, 5.41) is 3.17. The van der Waals surface area contributed by atoms with Crippen LogP contribution in [0.4, 0.5) is 0 Å². The summed E-state index contributed by atoms with van der Waals surface area (Å²) in [7, 11) is 0. The fourth-order valence-electron chi connectivity index (χ4n) is 3.62. The molecule has 120 valence electrons. The van der Waals surface area contributed by atoms with Gasteiger partial charge in [0.25, 0.3) is 5.91 Å². The molecule has 2 fully saturated rings. The maximum absolute atomic E-state index is 12.4. The molecule has 3 unspecified atom stereocenters. The van der Waals surface area contributed by atoms with Gasteiger partial charge in [-0.1, -0.05) is 0 Å². The molecule has 1 aromatic rings. The molecule has 22 heavy (non-hydrogen) atoms. The molecule has 2 saturated heterocycles. The average Bonchev–Trinajstić information content (AvgIpc) is 2.85. The van der Waals surface area contributed by atoms with Crippen molar-refractivity contribution in [2.75, 3.05) is 32.8 Å². The van der Waals surface area contributed by atoms with E-state index in [0.717, 1.165) is 24.6 Å². The summed E-state index contributed by atoms with van der Waals surface area (Å²) in [5.74, 6) is 2.13. The lowest BCUT2D eigenvalue weighted by Crippen LogP contribution is -2.47. The Kier molecular flexibility index (Phi) is 4.45. The summed E-state index contributed by atoms with van der Waals surface area (Å²) in [6.45, 7) is 4.47. The fraction of sp³-hybridized carbons (Fsp3) is 0.562. The van der Waals surface area contributed by atoms with Gasteiger partial charge in [0.15, 0.2) is 11.5 Å². The smallest absolute Gasteiger partial charge is 0.251 e. The summed E-state index contributed by atoms with van der Waals surface area (Å²) in [6.07, 6.45) is 2.38. The van der Waals surface area contributed by atoms with Crippen LogP contribution in [0.25, 0.3) is 0 Å². The highest BCUT2D eigenvalue weighted by atomic mass is 35.5. The molecule has 0 spiro atoms. The Morgan fingerprint density at radius 2 is 2.00 bits per heavy atom. The Labute approximate surface area is 136 Å². The van der Waals surface area contributed by atoms with Crippen molar-refractivity contribution in [1.82, 2.24) is 10.2 Å². The summed E-state index contributed by atoms with van der Waals surface area (Å²) < 4.78 is 11.0. The fourth-order valence-corrected chi connectivity index (χ4v) is 3.62. The molecule has 1 amide bonds. The number of hydrogen-bond donors (Lipinski definition) is 1. The molecule has 0 aromatic heterocycles. The molecule has 1 N–H and O–H groups in total. The minimum Gasteiger partial charge on any atom is -0.486 e. The Morgan fingerprint density at radius 3 is 2.82 bits per heavy atom. The molecule has 4 rings (SSSR count). The number of fused-ring (bicyclic) bond motifs is 3. The number of nitrogens with one attached hydrogen (secondary N) is 1. The van der Waals surface area contributed by atoms with Crippen LogP contribution in [0.15, 0.2) is 18.2 Å². The van der Waals surface area contributed by atoms with Gasteiger partial charge in [-0.3, -0.25) is 4.79 Å².